The first-order valence-electron chi connectivity index (χ1n) is 7.69. The second kappa shape index (κ2) is 5.80. The predicted octanol–water partition coefficient (Wildman–Crippen LogP) is 4.65. The molecule has 0 radical (unpaired) electrons. The maximum absolute atomic E-state index is 10.4. The summed E-state index contributed by atoms with van der Waals surface area (Å²) in [6.07, 6.45) is 5.84. The van der Waals surface area contributed by atoms with Gasteiger partial charge in [-0.15, -0.1) is 0 Å². The highest BCUT2D eigenvalue weighted by atomic mass is 16.5. The zero-order valence-corrected chi connectivity index (χ0v) is 12.5. The lowest BCUT2D eigenvalue weighted by atomic mass is 9.65. The second-order valence-corrected chi connectivity index (χ2v) is 5.89. The van der Waals surface area contributed by atoms with E-state index in [4.69, 9.17) is 4.74 Å². The summed E-state index contributed by atoms with van der Waals surface area (Å²) in [4.78, 5) is 0. The van der Waals surface area contributed by atoms with Gasteiger partial charge in [-0.2, -0.15) is 0 Å². The SMILES string of the molecule is COc1cccc(C2(c3ccccc3O)CCCCC2)c1. The maximum Gasteiger partial charge on any atom is 0.119 e. The third kappa shape index (κ3) is 2.51. The third-order valence-electron chi connectivity index (χ3n) is 4.75. The lowest BCUT2D eigenvalue weighted by molar-refractivity contribution is 0.330. The van der Waals surface area contributed by atoms with Gasteiger partial charge in [-0.1, -0.05) is 49.6 Å². The molecule has 0 heterocycles. The first-order valence-corrected chi connectivity index (χ1v) is 7.69. The van der Waals surface area contributed by atoms with Gasteiger partial charge in [0.1, 0.15) is 11.5 Å². The quantitative estimate of drug-likeness (QED) is 0.887. The van der Waals surface area contributed by atoms with Crippen LogP contribution < -0.4 is 4.74 Å². The molecular formula is C19H22O2. The van der Waals surface area contributed by atoms with Gasteiger partial charge in [0.15, 0.2) is 0 Å². The predicted molar refractivity (Wildman–Crippen MR) is 85.0 cm³/mol. The maximum atomic E-state index is 10.4. The van der Waals surface area contributed by atoms with Crippen molar-refractivity contribution in [1.82, 2.24) is 0 Å². The first-order chi connectivity index (χ1) is 10.3. The van der Waals surface area contributed by atoms with Crippen molar-refractivity contribution in [2.45, 2.75) is 37.5 Å². The lowest BCUT2D eigenvalue weighted by Gasteiger charge is -2.39. The van der Waals surface area contributed by atoms with E-state index in [0.29, 0.717) is 5.75 Å². The Morgan fingerprint density at radius 1 is 0.952 bits per heavy atom. The number of ether oxygens (including phenoxy) is 1. The third-order valence-corrected chi connectivity index (χ3v) is 4.75. The minimum Gasteiger partial charge on any atom is -0.508 e. The van der Waals surface area contributed by atoms with E-state index in [1.165, 1.54) is 24.8 Å². The summed E-state index contributed by atoms with van der Waals surface area (Å²) in [7, 11) is 1.70. The first kappa shape index (κ1) is 14.0. The molecule has 2 nitrogen and oxygen atoms in total. The van der Waals surface area contributed by atoms with Crippen molar-refractivity contribution < 1.29 is 9.84 Å². The zero-order valence-electron chi connectivity index (χ0n) is 12.5. The van der Waals surface area contributed by atoms with Crippen LogP contribution in [-0.4, -0.2) is 12.2 Å². The highest BCUT2D eigenvalue weighted by Gasteiger charge is 2.37. The second-order valence-electron chi connectivity index (χ2n) is 5.89. The zero-order chi connectivity index (χ0) is 14.7. The van der Waals surface area contributed by atoms with Gasteiger partial charge in [0.05, 0.1) is 7.11 Å². The van der Waals surface area contributed by atoms with Crippen LogP contribution in [-0.2, 0) is 5.41 Å². The molecule has 0 aromatic heterocycles. The van der Waals surface area contributed by atoms with Crippen molar-refractivity contribution in [2.24, 2.45) is 0 Å². The molecule has 0 aliphatic heterocycles. The number of hydrogen-bond donors (Lipinski definition) is 1. The summed E-state index contributed by atoms with van der Waals surface area (Å²) in [6.45, 7) is 0. The number of hydrogen-bond acceptors (Lipinski definition) is 2. The summed E-state index contributed by atoms with van der Waals surface area (Å²) >= 11 is 0. The molecule has 0 amide bonds. The fourth-order valence-electron chi connectivity index (χ4n) is 3.67. The molecular weight excluding hydrogens is 260 g/mol. The fraction of sp³-hybridized carbons (Fsp3) is 0.368. The van der Waals surface area contributed by atoms with Crippen molar-refractivity contribution in [3.8, 4) is 11.5 Å². The van der Waals surface area contributed by atoms with Crippen molar-refractivity contribution in [1.29, 1.82) is 0 Å². The fourth-order valence-corrected chi connectivity index (χ4v) is 3.67. The molecule has 1 saturated carbocycles. The van der Waals surface area contributed by atoms with Crippen molar-refractivity contribution >= 4 is 0 Å². The number of rotatable bonds is 3. The monoisotopic (exact) mass is 282 g/mol. The smallest absolute Gasteiger partial charge is 0.119 e. The Morgan fingerprint density at radius 3 is 2.43 bits per heavy atom. The van der Waals surface area contributed by atoms with Gasteiger partial charge in [0.25, 0.3) is 0 Å². The summed E-state index contributed by atoms with van der Waals surface area (Å²) in [5.41, 5.74) is 2.22. The van der Waals surface area contributed by atoms with E-state index in [9.17, 15) is 5.11 Å². The van der Waals surface area contributed by atoms with Gasteiger partial charge in [-0.3, -0.25) is 0 Å². The van der Waals surface area contributed by atoms with Crippen molar-refractivity contribution in [3.05, 3.63) is 59.7 Å². The normalized spacial score (nSPS) is 17.4. The van der Waals surface area contributed by atoms with Crippen LogP contribution in [0, 0.1) is 0 Å². The Labute approximate surface area is 126 Å². The van der Waals surface area contributed by atoms with Crippen LogP contribution in [0.4, 0.5) is 0 Å². The average Bonchev–Trinajstić information content (AvgIpc) is 2.56. The summed E-state index contributed by atoms with van der Waals surface area (Å²) in [5, 5.41) is 10.4. The largest absolute Gasteiger partial charge is 0.508 e. The van der Waals surface area contributed by atoms with Gasteiger partial charge >= 0.3 is 0 Å². The number of methoxy groups -OCH3 is 1. The molecule has 1 N–H and O–H groups in total. The Balaban J connectivity index is 2.15. The molecule has 0 bridgehead atoms. The minimum absolute atomic E-state index is 0.0852. The minimum atomic E-state index is -0.0852. The molecule has 2 heteroatoms. The van der Waals surface area contributed by atoms with E-state index >= 15 is 0 Å². The highest BCUT2D eigenvalue weighted by molar-refractivity contribution is 5.48. The topological polar surface area (TPSA) is 29.5 Å². The molecule has 21 heavy (non-hydrogen) atoms. The van der Waals surface area contributed by atoms with Crippen LogP contribution in [0.3, 0.4) is 0 Å². The summed E-state index contributed by atoms with van der Waals surface area (Å²) in [6, 6.07) is 16.1. The molecule has 3 rings (SSSR count). The van der Waals surface area contributed by atoms with Crippen LogP contribution in [0.1, 0.15) is 43.2 Å². The van der Waals surface area contributed by atoms with Crippen LogP contribution in [0.5, 0.6) is 11.5 Å². The molecule has 0 saturated heterocycles. The highest BCUT2D eigenvalue weighted by Crippen LogP contribution is 2.48. The Hall–Kier alpha value is -1.96. The number of para-hydroxylation sites is 1. The van der Waals surface area contributed by atoms with Gasteiger partial charge in [0, 0.05) is 11.0 Å². The number of phenols is 1. The van der Waals surface area contributed by atoms with E-state index in [-0.39, 0.29) is 5.41 Å². The standard InChI is InChI=1S/C19H22O2/c1-21-16-9-7-8-15(14-16)19(12-5-2-6-13-19)17-10-3-4-11-18(17)20/h3-4,7-11,14,20H,2,5-6,12-13H2,1H3. The molecule has 0 atom stereocenters. The van der Waals surface area contributed by atoms with E-state index < -0.39 is 0 Å². The molecule has 1 aliphatic carbocycles. The molecule has 0 spiro atoms. The molecule has 2 aromatic rings. The number of aromatic hydroxyl groups is 1. The molecule has 1 aliphatic rings. The van der Waals surface area contributed by atoms with E-state index in [1.54, 1.807) is 13.2 Å². The average molecular weight is 282 g/mol. The van der Waals surface area contributed by atoms with E-state index in [0.717, 1.165) is 24.2 Å². The van der Waals surface area contributed by atoms with Gasteiger partial charge in [-0.25, -0.2) is 0 Å². The van der Waals surface area contributed by atoms with E-state index in [2.05, 4.69) is 18.2 Å². The lowest BCUT2D eigenvalue weighted by Crippen LogP contribution is -2.30. The van der Waals surface area contributed by atoms with Crippen molar-refractivity contribution in [2.75, 3.05) is 7.11 Å². The summed E-state index contributed by atoms with van der Waals surface area (Å²) < 4.78 is 5.39. The van der Waals surface area contributed by atoms with Gasteiger partial charge in [0.2, 0.25) is 0 Å². The van der Waals surface area contributed by atoms with Crippen molar-refractivity contribution in [3.63, 3.8) is 0 Å². The Morgan fingerprint density at radius 2 is 1.71 bits per heavy atom. The molecule has 2 aromatic carbocycles. The number of benzene rings is 2. The number of phenolic OH excluding ortho intramolecular Hbond substituents is 1. The molecule has 1 fully saturated rings. The Kier molecular flexibility index (Phi) is 3.87. The van der Waals surface area contributed by atoms with Gasteiger partial charge in [-0.05, 0) is 36.6 Å². The molecule has 0 unspecified atom stereocenters. The van der Waals surface area contributed by atoms with Crippen LogP contribution >= 0.6 is 0 Å². The molecule has 110 valence electrons. The van der Waals surface area contributed by atoms with Gasteiger partial charge < -0.3 is 9.84 Å². The van der Waals surface area contributed by atoms with Crippen LogP contribution in [0.15, 0.2) is 48.5 Å². The van der Waals surface area contributed by atoms with Crippen LogP contribution in [0.25, 0.3) is 0 Å². The van der Waals surface area contributed by atoms with Crippen LogP contribution in [0.2, 0.25) is 0 Å². The summed E-state index contributed by atoms with van der Waals surface area (Å²) in [5.74, 6) is 1.29. The van der Waals surface area contributed by atoms with E-state index in [1.807, 2.05) is 24.3 Å². The Bertz CT molecular complexity index is 612.